The zero-order valence-electron chi connectivity index (χ0n) is 20.3. The average molecular weight is 436 g/mol. The molecule has 0 radical (unpaired) electrons. The van der Waals surface area contributed by atoms with Crippen molar-refractivity contribution in [2.45, 2.75) is 129 Å². The predicted molar refractivity (Wildman–Crippen MR) is 130 cm³/mol. The van der Waals surface area contributed by atoms with Crippen molar-refractivity contribution in [2.75, 3.05) is 13.1 Å². The quantitative estimate of drug-likeness (QED) is 0.150. The van der Waals surface area contributed by atoms with Gasteiger partial charge in [-0.1, -0.05) is 103 Å². The molecule has 1 fully saturated rings. The topological polar surface area (TPSA) is 57.6 Å². The smallest absolute Gasteiger partial charge is 0.308 e. The fraction of sp³-hybridized carbons (Fsp3) is 0.852. The van der Waals surface area contributed by atoms with Crippen molar-refractivity contribution in [1.29, 1.82) is 0 Å². The van der Waals surface area contributed by atoms with Gasteiger partial charge in [-0.05, 0) is 32.1 Å². The van der Waals surface area contributed by atoms with Gasteiger partial charge in [-0.2, -0.15) is 0 Å². The maximum absolute atomic E-state index is 11.8. The third kappa shape index (κ3) is 15.2. The van der Waals surface area contributed by atoms with E-state index in [2.05, 4.69) is 19.1 Å². The van der Waals surface area contributed by atoms with E-state index in [-0.39, 0.29) is 12.3 Å². The number of aliphatic carboxylic acids is 1. The van der Waals surface area contributed by atoms with Crippen molar-refractivity contribution in [3.8, 4) is 0 Å². The Morgan fingerprint density at radius 3 is 1.71 bits per heavy atom. The molecule has 1 heterocycles. The van der Waals surface area contributed by atoms with Crippen LogP contribution in [-0.2, 0) is 9.59 Å². The number of nitrogens with zero attached hydrogens (tertiary/aromatic N) is 1. The van der Waals surface area contributed by atoms with Crippen LogP contribution in [0.3, 0.4) is 0 Å². The summed E-state index contributed by atoms with van der Waals surface area (Å²) in [7, 11) is 0. The zero-order chi connectivity index (χ0) is 22.6. The molecule has 0 bridgehead atoms. The van der Waals surface area contributed by atoms with Crippen LogP contribution in [0.5, 0.6) is 0 Å². The molecule has 31 heavy (non-hydrogen) atoms. The first-order chi connectivity index (χ1) is 15.1. The SMILES string of the molecule is CCCCCCCC/C=C/CCCCCCCCCCCCN1CC(C(=O)O)CC1=O. The molecule has 1 amide bonds. The summed E-state index contributed by atoms with van der Waals surface area (Å²) in [5.74, 6) is -1.31. The molecule has 1 unspecified atom stereocenters. The average Bonchev–Trinajstić information content (AvgIpc) is 3.13. The molecule has 1 atom stereocenters. The molecule has 0 aromatic rings. The molecule has 0 saturated carbocycles. The van der Waals surface area contributed by atoms with E-state index in [4.69, 9.17) is 5.11 Å². The number of carbonyl (C=O) groups excluding carboxylic acids is 1. The molecule has 0 aromatic carbocycles. The van der Waals surface area contributed by atoms with Gasteiger partial charge in [0.05, 0.1) is 5.92 Å². The summed E-state index contributed by atoms with van der Waals surface area (Å²) < 4.78 is 0. The molecular formula is C27H49NO3. The fourth-order valence-electron chi connectivity index (χ4n) is 4.41. The summed E-state index contributed by atoms with van der Waals surface area (Å²) in [6, 6.07) is 0. The summed E-state index contributed by atoms with van der Waals surface area (Å²) in [6.45, 7) is 3.41. The van der Waals surface area contributed by atoms with E-state index in [1.54, 1.807) is 4.90 Å². The Kier molecular flexibility index (Phi) is 17.3. The summed E-state index contributed by atoms with van der Waals surface area (Å²) >= 11 is 0. The van der Waals surface area contributed by atoms with Crippen LogP contribution in [0.25, 0.3) is 0 Å². The number of likely N-dealkylation sites (tertiary alicyclic amines) is 1. The first-order valence-corrected chi connectivity index (χ1v) is 13.3. The van der Waals surface area contributed by atoms with Crippen molar-refractivity contribution in [1.82, 2.24) is 4.90 Å². The molecular weight excluding hydrogens is 386 g/mol. The zero-order valence-corrected chi connectivity index (χ0v) is 20.3. The van der Waals surface area contributed by atoms with Crippen LogP contribution in [0.4, 0.5) is 0 Å². The van der Waals surface area contributed by atoms with E-state index >= 15 is 0 Å². The van der Waals surface area contributed by atoms with Crippen LogP contribution in [0.1, 0.15) is 129 Å². The molecule has 0 aliphatic carbocycles. The van der Waals surface area contributed by atoms with Crippen molar-refractivity contribution in [3.63, 3.8) is 0 Å². The van der Waals surface area contributed by atoms with Crippen molar-refractivity contribution < 1.29 is 14.7 Å². The number of rotatable bonds is 21. The normalized spacial score (nSPS) is 16.6. The second kappa shape index (κ2) is 19.4. The van der Waals surface area contributed by atoms with E-state index in [1.165, 1.54) is 103 Å². The van der Waals surface area contributed by atoms with Gasteiger partial charge < -0.3 is 10.0 Å². The van der Waals surface area contributed by atoms with E-state index in [0.717, 1.165) is 19.4 Å². The molecule has 1 aliphatic rings. The predicted octanol–water partition coefficient (Wildman–Crippen LogP) is 7.52. The number of allylic oxidation sites excluding steroid dienone is 2. The summed E-state index contributed by atoms with van der Waals surface area (Å²) in [6.07, 6.45) is 28.6. The van der Waals surface area contributed by atoms with E-state index in [1.807, 2.05) is 0 Å². The largest absolute Gasteiger partial charge is 0.481 e. The van der Waals surface area contributed by atoms with Crippen LogP contribution in [-0.4, -0.2) is 35.0 Å². The van der Waals surface area contributed by atoms with Gasteiger partial charge in [0, 0.05) is 19.5 Å². The second-order valence-corrected chi connectivity index (χ2v) is 9.43. The Morgan fingerprint density at radius 1 is 0.806 bits per heavy atom. The number of carboxylic acid groups (broad SMARTS) is 1. The highest BCUT2D eigenvalue weighted by Gasteiger charge is 2.33. The number of unbranched alkanes of at least 4 members (excludes halogenated alkanes) is 16. The highest BCUT2D eigenvalue weighted by atomic mass is 16.4. The molecule has 4 heteroatoms. The molecule has 1 aliphatic heterocycles. The Bertz CT molecular complexity index is 489. The molecule has 4 nitrogen and oxygen atoms in total. The molecule has 1 N–H and O–H groups in total. The minimum Gasteiger partial charge on any atom is -0.481 e. The lowest BCUT2D eigenvalue weighted by Crippen LogP contribution is -2.27. The number of hydrogen-bond acceptors (Lipinski definition) is 2. The third-order valence-electron chi connectivity index (χ3n) is 6.50. The van der Waals surface area contributed by atoms with Crippen LogP contribution in [0, 0.1) is 5.92 Å². The number of amides is 1. The lowest BCUT2D eigenvalue weighted by atomic mass is 10.1. The first kappa shape index (κ1) is 27.7. The summed E-state index contributed by atoms with van der Waals surface area (Å²) in [5, 5.41) is 9.01. The maximum atomic E-state index is 11.8. The van der Waals surface area contributed by atoms with Crippen molar-refractivity contribution in [3.05, 3.63) is 12.2 Å². The Hall–Kier alpha value is -1.32. The molecule has 1 rings (SSSR count). The van der Waals surface area contributed by atoms with Gasteiger partial charge >= 0.3 is 5.97 Å². The van der Waals surface area contributed by atoms with E-state index in [0.29, 0.717) is 6.54 Å². The molecule has 0 spiro atoms. The van der Waals surface area contributed by atoms with Crippen LogP contribution >= 0.6 is 0 Å². The molecule has 0 aromatic heterocycles. The fourth-order valence-corrected chi connectivity index (χ4v) is 4.41. The Balaban J connectivity index is 1.77. The molecule has 1 saturated heterocycles. The van der Waals surface area contributed by atoms with Gasteiger partial charge in [-0.3, -0.25) is 9.59 Å². The van der Waals surface area contributed by atoms with Gasteiger partial charge in [0.2, 0.25) is 5.91 Å². The van der Waals surface area contributed by atoms with Crippen molar-refractivity contribution in [2.24, 2.45) is 5.92 Å². The number of carbonyl (C=O) groups is 2. The Morgan fingerprint density at radius 2 is 1.26 bits per heavy atom. The van der Waals surface area contributed by atoms with E-state index < -0.39 is 11.9 Å². The first-order valence-electron chi connectivity index (χ1n) is 13.3. The lowest BCUT2D eigenvalue weighted by Gasteiger charge is -2.15. The van der Waals surface area contributed by atoms with Crippen molar-refractivity contribution >= 4 is 11.9 Å². The van der Waals surface area contributed by atoms with Crippen LogP contribution in [0.15, 0.2) is 12.2 Å². The van der Waals surface area contributed by atoms with Crippen LogP contribution in [0.2, 0.25) is 0 Å². The maximum Gasteiger partial charge on any atom is 0.308 e. The highest BCUT2D eigenvalue weighted by Crippen LogP contribution is 2.19. The summed E-state index contributed by atoms with van der Waals surface area (Å²) in [5.41, 5.74) is 0. The minimum atomic E-state index is -0.837. The standard InChI is InChI=1S/C27H49NO3/c1-2-3-4-5-6-7-8-9-10-11-12-13-14-15-16-17-18-19-20-21-22-28-24-25(27(30)31)23-26(28)29/h9-10,25H,2-8,11-24H2,1H3,(H,30,31)/b10-9+. The third-order valence-corrected chi connectivity index (χ3v) is 6.50. The van der Waals surface area contributed by atoms with E-state index in [9.17, 15) is 9.59 Å². The number of carboxylic acids is 1. The van der Waals surface area contributed by atoms with Gasteiger partial charge in [0.15, 0.2) is 0 Å². The van der Waals surface area contributed by atoms with Crippen LogP contribution < -0.4 is 0 Å². The van der Waals surface area contributed by atoms with Gasteiger partial charge in [-0.25, -0.2) is 0 Å². The minimum absolute atomic E-state index is 0.0145. The second-order valence-electron chi connectivity index (χ2n) is 9.43. The number of hydrogen-bond donors (Lipinski definition) is 1. The highest BCUT2D eigenvalue weighted by molar-refractivity contribution is 5.86. The van der Waals surface area contributed by atoms with Gasteiger partial charge in [0.1, 0.15) is 0 Å². The van der Waals surface area contributed by atoms with Gasteiger partial charge in [0.25, 0.3) is 0 Å². The monoisotopic (exact) mass is 435 g/mol. The lowest BCUT2D eigenvalue weighted by molar-refractivity contribution is -0.141. The molecule has 180 valence electrons. The Labute approximate surface area is 191 Å². The summed E-state index contributed by atoms with van der Waals surface area (Å²) in [4.78, 5) is 24.5. The van der Waals surface area contributed by atoms with Gasteiger partial charge in [-0.15, -0.1) is 0 Å².